The molecule has 1 N–H and O–H groups in total. The molecule has 0 fully saturated rings. The van der Waals surface area contributed by atoms with Crippen LogP contribution in [0.1, 0.15) is 6.92 Å². The molecule has 0 aliphatic heterocycles. The van der Waals surface area contributed by atoms with Crippen LogP contribution in [0.25, 0.3) is 10.9 Å². The van der Waals surface area contributed by atoms with Crippen molar-refractivity contribution in [2.75, 3.05) is 18.1 Å². The molecule has 18 heavy (non-hydrogen) atoms. The van der Waals surface area contributed by atoms with Gasteiger partial charge in [-0.25, -0.2) is 23.1 Å². The summed E-state index contributed by atoms with van der Waals surface area (Å²) in [6, 6.07) is 0.889. The van der Waals surface area contributed by atoms with Crippen molar-refractivity contribution in [2.45, 2.75) is 12.1 Å². The van der Waals surface area contributed by atoms with E-state index in [0.29, 0.717) is 10.9 Å². The molecule has 2 aromatic rings. The Balaban J connectivity index is 2.79. The molecular formula is C11H10F3N3S. The number of rotatable bonds is 3. The van der Waals surface area contributed by atoms with Gasteiger partial charge in [0.05, 0.1) is 0 Å². The Kier molecular flexibility index (Phi) is 3.60. The highest BCUT2D eigenvalue weighted by atomic mass is 32.2. The van der Waals surface area contributed by atoms with Gasteiger partial charge in [0.15, 0.2) is 22.6 Å². The van der Waals surface area contributed by atoms with Crippen LogP contribution in [0, 0.1) is 17.5 Å². The van der Waals surface area contributed by atoms with Gasteiger partial charge in [0.25, 0.3) is 0 Å². The van der Waals surface area contributed by atoms with E-state index in [1.165, 1.54) is 11.8 Å². The number of thioether (sulfide) groups is 1. The average Bonchev–Trinajstić information content (AvgIpc) is 2.37. The van der Waals surface area contributed by atoms with Crippen LogP contribution in [0.4, 0.5) is 19.0 Å². The first kappa shape index (κ1) is 12.9. The fourth-order valence-corrected chi connectivity index (χ4v) is 2.11. The summed E-state index contributed by atoms with van der Waals surface area (Å²) in [6.45, 7) is 1.89. The minimum atomic E-state index is -1.52. The first-order valence-electron chi connectivity index (χ1n) is 5.24. The summed E-state index contributed by atoms with van der Waals surface area (Å²) >= 11 is 1.29. The van der Waals surface area contributed by atoms with E-state index in [4.69, 9.17) is 0 Å². The van der Waals surface area contributed by atoms with Gasteiger partial charge in [-0.2, -0.15) is 0 Å². The molecule has 0 amide bonds. The number of benzene rings is 1. The van der Waals surface area contributed by atoms with Crippen molar-refractivity contribution >= 4 is 28.5 Å². The van der Waals surface area contributed by atoms with Crippen molar-refractivity contribution < 1.29 is 13.2 Å². The predicted octanol–water partition coefficient (Wildman–Crippen LogP) is 3.20. The Hall–Kier alpha value is -1.50. The van der Waals surface area contributed by atoms with Crippen LogP contribution in [-0.2, 0) is 0 Å². The Morgan fingerprint density at radius 1 is 1.22 bits per heavy atom. The van der Waals surface area contributed by atoms with Gasteiger partial charge in [-0.1, -0.05) is 18.7 Å². The molecule has 3 nitrogen and oxygen atoms in total. The maximum Gasteiger partial charge on any atom is 0.196 e. The van der Waals surface area contributed by atoms with Crippen LogP contribution >= 0.6 is 11.8 Å². The molecule has 0 aliphatic rings. The molecule has 0 unspecified atom stereocenters. The molecule has 1 heterocycles. The molecule has 0 bridgehead atoms. The van der Waals surface area contributed by atoms with E-state index in [1.807, 2.05) is 6.92 Å². The summed E-state index contributed by atoms with van der Waals surface area (Å²) in [5.74, 6) is -3.10. The second-order valence-corrected chi connectivity index (χ2v) is 4.65. The number of nitrogens with zero attached hydrogens (tertiary/aromatic N) is 2. The summed E-state index contributed by atoms with van der Waals surface area (Å²) in [4.78, 5) is 8.01. The summed E-state index contributed by atoms with van der Waals surface area (Å²) in [7, 11) is 1.57. The normalized spacial score (nSPS) is 10.9. The van der Waals surface area contributed by atoms with Crippen molar-refractivity contribution in [1.29, 1.82) is 0 Å². The van der Waals surface area contributed by atoms with E-state index >= 15 is 0 Å². The third-order valence-corrected chi connectivity index (χ3v) is 3.05. The van der Waals surface area contributed by atoms with Crippen molar-refractivity contribution in [3.8, 4) is 0 Å². The molecule has 0 radical (unpaired) electrons. The molecule has 0 aliphatic carbocycles. The highest BCUT2D eigenvalue weighted by Crippen LogP contribution is 2.28. The highest BCUT2D eigenvalue weighted by molar-refractivity contribution is 7.99. The number of fused-ring (bicyclic) bond motifs is 1. The third kappa shape index (κ3) is 2.10. The standard InChI is InChI=1S/C11H10F3N3S/c1-3-18-11-16-9-5(10(15-2)17-11)4-6(12)7(13)8(9)14/h4H,3H2,1-2H3,(H,15,16,17). The van der Waals surface area contributed by atoms with E-state index in [2.05, 4.69) is 15.3 Å². The molecule has 0 saturated carbocycles. The molecule has 96 valence electrons. The summed E-state index contributed by atoms with van der Waals surface area (Å²) in [6.07, 6.45) is 0. The van der Waals surface area contributed by atoms with Gasteiger partial charge < -0.3 is 5.32 Å². The third-order valence-electron chi connectivity index (χ3n) is 2.32. The molecule has 2 rings (SSSR count). The van der Waals surface area contributed by atoms with E-state index in [0.717, 1.165) is 6.07 Å². The van der Waals surface area contributed by atoms with Crippen molar-refractivity contribution in [3.05, 3.63) is 23.5 Å². The number of nitrogens with one attached hydrogen (secondary N) is 1. The Morgan fingerprint density at radius 2 is 1.94 bits per heavy atom. The molecule has 0 spiro atoms. The second-order valence-electron chi connectivity index (χ2n) is 3.42. The largest absolute Gasteiger partial charge is 0.372 e. The Morgan fingerprint density at radius 3 is 2.56 bits per heavy atom. The number of hydrogen-bond donors (Lipinski definition) is 1. The maximum atomic E-state index is 13.7. The van der Waals surface area contributed by atoms with Crippen LogP contribution in [0.2, 0.25) is 0 Å². The van der Waals surface area contributed by atoms with Crippen LogP contribution in [-0.4, -0.2) is 22.8 Å². The van der Waals surface area contributed by atoms with Gasteiger partial charge >= 0.3 is 0 Å². The van der Waals surface area contributed by atoms with E-state index in [1.54, 1.807) is 7.05 Å². The van der Waals surface area contributed by atoms with E-state index in [-0.39, 0.29) is 16.7 Å². The smallest absolute Gasteiger partial charge is 0.196 e. The Labute approximate surface area is 106 Å². The van der Waals surface area contributed by atoms with Gasteiger partial charge in [-0.05, 0) is 11.8 Å². The first-order chi connectivity index (χ1) is 8.58. The van der Waals surface area contributed by atoms with Crippen LogP contribution in [0.3, 0.4) is 0 Å². The summed E-state index contributed by atoms with van der Waals surface area (Å²) in [5.41, 5.74) is -0.218. The predicted molar refractivity (Wildman–Crippen MR) is 65.4 cm³/mol. The SMILES string of the molecule is CCSc1nc(NC)c2cc(F)c(F)c(F)c2n1. The number of hydrogen-bond acceptors (Lipinski definition) is 4. The van der Waals surface area contributed by atoms with Gasteiger partial charge in [-0.15, -0.1) is 0 Å². The lowest BCUT2D eigenvalue weighted by molar-refractivity contribution is 0.452. The fourth-order valence-electron chi connectivity index (χ4n) is 1.54. The second kappa shape index (κ2) is 5.01. The zero-order valence-electron chi connectivity index (χ0n) is 9.72. The molecule has 0 saturated heterocycles. The Bertz CT molecular complexity index is 604. The van der Waals surface area contributed by atoms with Crippen LogP contribution in [0.5, 0.6) is 0 Å². The van der Waals surface area contributed by atoms with E-state index < -0.39 is 17.5 Å². The minimum Gasteiger partial charge on any atom is -0.372 e. The fraction of sp³-hybridized carbons (Fsp3) is 0.273. The van der Waals surface area contributed by atoms with Gasteiger partial charge in [0, 0.05) is 12.4 Å². The topological polar surface area (TPSA) is 37.8 Å². The van der Waals surface area contributed by atoms with Crippen LogP contribution in [0.15, 0.2) is 11.2 Å². The summed E-state index contributed by atoms with van der Waals surface area (Å²) in [5, 5.41) is 3.16. The highest BCUT2D eigenvalue weighted by Gasteiger charge is 2.18. The monoisotopic (exact) mass is 273 g/mol. The molecule has 7 heteroatoms. The van der Waals surface area contributed by atoms with Crippen molar-refractivity contribution in [1.82, 2.24) is 9.97 Å². The molecular weight excluding hydrogens is 263 g/mol. The quantitative estimate of drug-likeness (QED) is 0.529. The van der Waals surface area contributed by atoms with Crippen molar-refractivity contribution in [2.24, 2.45) is 0 Å². The van der Waals surface area contributed by atoms with Gasteiger partial charge in [0.2, 0.25) is 0 Å². The maximum absolute atomic E-state index is 13.7. The number of aromatic nitrogens is 2. The molecule has 1 aromatic carbocycles. The number of halogens is 3. The minimum absolute atomic E-state index is 0.120. The van der Waals surface area contributed by atoms with Crippen molar-refractivity contribution in [3.63, 3.8) is 0 Å². The molecule has 1 aromatic heterocycles. The average molecular weight is 273 g/mol. The lowest BCUT2D eigenvalue weighted by Crippen LogP contribution is -2.02. The zero-order valence-corrected chi connectivity index (χ0v) is 10.5. The van der Waals surface area contributed by atoms with Crippen LogP contribution < -0.4 is 5.32 Å². The number of anilines is 1. The first-order valence-corrected chi connectivity index (χ1v) is 6.22. The van der Waals surface area contributed by atoms with Gasteiger partial charge in [0.1, 0.15) is 11.3 Å². The zero-order chi connectivity index (χ0) is 13.3. The lowest BCUT2D eigenvalue weighted by atomic mass is 10.2. The van der Waals surface area contributed by atoms with E-state index in [9.17, 15) is 13.2 Å². The molecule has 0 atom stereocenters. The summed E-state index contributed by atoms with van der Waals surface area (Å²) < 4.78 is 40.0. The lowest BCUT2D eigenvalue weighted by Gasteiger charge is -2.08. The van der Waals surface area contributed by atoms with Gasteiger partial charge in [-0.3, -0.25) is 0 Å².